The third kappa shape index (κ3) is 3.08. The van der Waals surface area contributed by atoms with E-state index >= 15 is 0 Å². The first kappa shape index (κ1) is 12.6. The number of aryl methyl sites for hydroxylation is 1. The van der Waals surface area contributed by atoms with Crippen molar-refractivity contribution in [1.29, 1.82) is 0 Å². The van der Waals surface area contributed by atoms with Gasteiger partial charge in [0.1, 0.15) is 0 Å². The van der Waals surface area contributed by atoms with Crippen LogP contribution in [0.25, 0.3) is 0 Å². The van der Waals surface area contributed by atoms with E-state index in [0.717, 1.165) is 6.54 Å². The fourth-order valence-electron chi connectivity index (χ4n) is 2.93. The van der Waals surface area contributed by atoms with E-state index in [1.54, 1.807) is 0 Å². The summed E-state index contributed by atoms with van der Waals surface area (Å²) in [5, 5.41) is 0. The topological polar surface area (TPSA) is 26.0 Å². The molecule has 2 rings (SSSR count). The lowest BCUT2D eigenvalue weighted by atomic mass is 9.78. The second-order valence-corrected chi connectivity index (χ2v) is 7.50. The van der Waals surface area contributed by atoms with Gasteiger partial charge in [-0.15, -0.1) is 11.3 Å². The Morgan fingerprint density at radius 2 is 2.00 bits per heavy atom. The zero-order valence-corrected chi connectivity index (χ0v) is 12.1. The lowest BCUT2D eigenvalue weighted by Crippen LogP contribution is -2.21. The molecule has 0 unspecified atom stereocenters. The molecule has 1 aromatic heterocycles. The molecule has 1 aliphatic carbocycles. The van der Waals surface area contributed by atoms with E-state index in [0.29, 0.717) is 5.41 Å². The van der Waals surface area contributed by atoms with Gasteiger partial charge in [0.2, 0.25) is 0 Å². The predicted molar refractivity (Wildman–Crippen MR) is 74.9 cm³/mol. The second kappa shape index (κ2) is 5.65. The molecule has 0 aromatic carbocycles. The van der Waals surface area contributed by atoms with Crippen LogP contribution in [0.5, 0.6) is 0 Å². The monoisotopic (exact) mass is 301 g/mol. The summed E-state index contributed by atoms with van der Waals surface area (Å²) in [6.07, 6.45) is 9.41. The lowest BCUT2D eigenvalue weighted by molar-refractivity contribution is 0.254. The van der Waals surface area contributed by atoms with Crippen LogP contribution in [0.15, 0.2) is 15.9 Å². The maximum atomic E-state index is 5.76. The van der Waals surface area contributed by atoms with Crippen LogP contribution in [0, 0.1) is 5.41 Å². The first-order valence-electron chi connectivity index (χ1n) is 6.18. The van der Waals surface area contributed by atoms with Crippen LogP contribution in [0.2, 0.25) is 0 Å². The molecule has 1 saturated carbocycles. The Morgan fingerprint density at radius 1 is 1.25 bits per heavy atom. The minimum absolute atomic E-state index is 0.575. The molecule has 3 heteroatoms. The van der Waals surface area contributed by atoms with Gasteiger partial charge < -0.3 is 5.73 Å². The van der Waals surface area contributed by atoms with Crippen molar-refractivity contribution in [2.45, 2.75) is 44.9 Å². The van der Waals surface area contributed by atoms with Crippen molar-refractivity contribution >= 4 is 27.3 Å². The minimum atomic E-state index is 0.575. The molecule has 0 radical (unpaired) electrons. The van der Waals surface area contributed by atoms with E-state index in [1.165, 1.54) is 53.6 Å². The van der Waals surface area contributed by atoms with E-state index < -0.39 is 0 Å². The van der Waals surface area contributed by atoms with Crippen molar-refractivity contribution in [2.24, 2.45) is 11.1 Å². The van der Waals surface area contributed by atoms with Crippen LogP contribution in [0.3, 0.4) is 0 Å². The van der Waals surface area contributed by atoms with Gasteiger partial charge in [-0.25, -0.2) is 0 Å². The van der Waals surface area contributed by atoms with Gasteiger partial charge >= 0.3 is 0 Å². The van der Waals surface area contributed by atoms with E-state index in [-0.39, 0.29) is 0 Å². The number of halogens is 1. The highest BCUT2D eigenvalue weighted by molar-refractivity contribution is 9.11. The molecule has 1 aromatic rings. The number of nitrogens with two attached hydrogens (primary N) is 1. The molecule has 1 nitrogen and oxygen atoms in total. The van der Waals surface area contributed by atoms with Gasteiger partial charge in [0, 0.05) is 4.88 Å². The molecule has 0 saturated heterocycles. The van der Waals surface area contributed by atoms with Crippen molar-refractivity contribution < 1.29 is 0 Å². The molecule has 1 fully saturated rings. The van der Waals surface area contributed by atoms with E-state index in [4.69, 9.17) is 5.73 Å². The van der Waals surface area contributed by atoms with Gasteiger partial charge in [-0.2, -0.15) is 0 Å². The second-order valence-electron chi connectivity index (χ2n) is 4.95. The largest absolute Gasteiger partial charge is 0.330 e. The number of hydrogen-bond donors (Lipinski definition) is 1. The first-order chi connectivity index (χ1) is 7.74. The Hall–Kier alpha value is 0.140. The lowest BCUT2D eigenvalue weighted by Gasteiger charge is -2.28. The molecule has 0 bridgehead atoms. The molecule has 2 N–H and O–H groups in total. The third-order valence-electron chi connectivity index (χ3n) is 3.87. The summed E-state index contributed by atoms with van der Waals surface area (Å²) in [6, 6.07) is 4.41. The summed E-state index contributed by atoms with van der Waals surface area (Å²) in [7, 11) is 0. The molecule has 0 aliphatic heterocycles. The van der Waals surface area contributed by atoms with Crippen LogP contribution in [0.1, 0.15) is 43.4 Å². The van der Waals surface area contributed by atoms with Gasteiger partial charge in [-0.05, 0) is 72.1 Å². The van der Waals surface area contributed by atoms with Gasteiger partial charge in [-0.3, -0.25) is 0 Å². The molecule has 0 atom stereocenters. The SMILES string of the molecule is NCCC1(CCc2ccc(Br)s2)CCCC1. The summed E-state index contributed by atoms with van der Waals surface area (Å²) in [5.74, 6) is 0. The van der Waals surface area contributed by atoms with Crippen molar-refractivity contribution in [3.8, 4) is 0 Å². The molecule has 16 heavy (non-hydrogen) atoms. The Labute approximate surface area is 111 Å². The first-order valence-corrected chi connectivity index (χ1v) is 7.79. The van der Waals surface area contributed by atoms with Crippen molar-refractivity contribution in [1.82, 2.24) is 0 Å². The smallest absolute Gasteiger partial charge is 0.0701 e. The number of rotatable bonds is 5. The van der Waals surface area contributed by atoms with Crippen LogP contribution in [-0.4, -0.2) is 6.54 Å². The highest BCUT2D eigenvalue weighted by atomic mass is 79.9. The van der Waals surface area contributed by atoms with Crippen LogP contribution >= 0.6 is 27.3 Å². The van der Waals surface area contributed by atoms with Crippen LogP contribution in [0.4, 0.5) is 0 Å². The zero-order chi connectivity index (χ0) is 11.4. The van der Waals surface area contributed by atoms with E-state index in [1.807, 2.05) is 11.3 Å². The van der Waals surface area contributed by atoms with E-state index in [2.05, 4.69) is 28.1 Å². The summed E-state index contributed by atoms with van der Waals surface area (Å²) >= 11 is 5.40. The zero-order valence-electron chi connectivity index (χ0n) is 9.68. The van der Waals surface area contributed by atoms with Gasteiger partial charge in [0.25, 0.3) is 0 Å². The van der Waals surface area contributed by atoms with Crippen molar-refractivity contribution in [3.05, 3.63) is 20.8 Å². The summed E-state index contributed by atoms with van der Waals surface area (Å²) in [5.41, 5.74) is 6.34. The van der Waals surface area contributed by atoms with Gasteiger partial charge in [0.15, 0.2) is 0 Å². The van der Waals surface area contributed by atoms with Crippen molar-refractivity contribution in [3.63, 3.8) is 0 Å². The van der Waals surface area contributed by atoms with Crippen LogP contribution in [-0.2, 0) is 6.42 Å². The third-order valence-corrected chi connectivity index (χ3v) is 5.55. The Morgan fingerprint density at radius 3 is 2.56 bits per heavy atom. The molecule has 1 heterocycles. The fraction of sp³-hybridized carbons (Fsp3) is 0.692. The number of hydrogen-bond acceptors (Lipinski definition) is 2. The van der Waals surface area contributed by atoms with Gasteiger partial charge in [0.05, 0.1) is 3.79 Å². The predicted octanol–water partition coefficient (Wildman–Crippen LogP) is 4.35. The minimum Gasteiger partial charge on any atom is -0.330 e. The summed E-state index contributed by atoms with van der Waals surface area (Å²) in [6.45, 7) is 0.855. The normalized spacial score (nSPS) is 19.1. The quantitative estimate of drug-likeness (QED) is 0.859. The molecular formula is C13H20BrNS. The standard InChI is InChI=1S/C13H20BrNS/c14-12-4-3-11(16-12)5-8-13(9-10-15)6-1-2-7-13/h3-4H,1-2,5-10,15H2. The fourth-order valence-corrected chi connectivity index (χ4v) is 4.41. The van der Waals surface area contributed by atoms with E-state index in [9.17, 15) is 0 Å². The summed E-state index contributed by atoms with van der Waals surface area (Å²) < 4.78 is 1.25. The van der Waals surface area contributed by atoms with Gasteiger partial charge in [-0.1, -0.05) is 12.8 Å². The maximum absolute atomic E-state index is 5.76. The molecule has 90 valence electrons. The molecular weight excluding hydrogens is 282 g/mol. The Bertz CT molecular complexity index is 328. The Balaban J connectivity index is 1.91. The van der Waals surface area contributed by atoms with Crippen LogP contribution < -0.4 is 5.73 Å². The highest BCUT2D eigenvalue weighted by Crippen LogP contribution is 2.44. The average Bonchev–Trinajstić information content (AvgIpc) is 2.86. The highest BCUT2D eigenvalue weighted by Gasteiger charge is 2.32. The number of thiophene rings is 1. The average molecular weight is 302 g/mol. The summed E-state index contributed by atoms with van der Waals surface area (Å²) in [4.78, 5) is 1.51. The molecule has 1 aliphatic rings. The molecule has 0 spiro atoms. The Kier molecular flexibility index (Phi) is 4.45. The maximum Gasteiger partial charge on any atom is 0.0701 e. The van der Waals surface area contributed by atoms with Crippen molar-refractivity contribution in [2.75, 3.05) is 6.54 Å². The molecule has 0 amide bonds.